The molecule has 3 aromatic rings. The Hall–Kier alpha value is -3.15. The molecule has 1 aromatic heterocycles. The van der Waals surface area contributed by atoms with Gasteiger partial charge in [-0.05, 0) is 42.5 Å². The van der Waals surface area contributed by atoms with Gasteiger partial charge in [-0.1, -0.05) is 40.8 Å². The largest absolute Gasteiger partial charge is 0.484 e. The number of amides is 3. The average molecular weight is 492 g/mol. The van der Waals surface area contributed by atoms with E-state index in [1.807, 2.05) is 0 Å². The van der Waals surface area contributed by atoms with Gasteiger partial charge in [-0.3, -0.25) is 19.7 Å². The summed E-state index contributed by atoms with van der Waals surface area (Å²) >= 11 is 8.14. The second kappa shape index (κ2) is 11.5. The first-order valence-electron chi connectivity index (χ1n) is 9.19. The Morgan fingerprint density at radius 3 is 2.44 bits per heavy atom. The number of carbonyl (C=O) groups is 3. The number of carbonyl (C=O) groups excluding carboxylic acids is 3. The van der Waals surface area contributed by atoms with Crippen LogP contribution in [0.3, 0.4) is 0 Å². The molecule has 9 nitrogen and oxygen atoms in total. The Morgan fingerprint density at radius 1 is 1.00 bits per heavy atom. The minimum absolute atomic E-state index is 0.104. The molecule has 1 heterocycles. The Bertz CT molecular complexity index is 1110. The number of anilines is 3. The Balaban J connectivity index is 1.42. The van der Waals surface area contributed by atoms with Crippen LogP contribution in [0.25, 0.3) is 0 Å². The average Bonchev–Trinajstić information content (AvgIpc) is 3.19. The van der Waals surface area contributed by atoms with Crippen molar-refractivity contribution in [1.82, 2.24) is 10.2 Å². The van der Waals surface area contributed by atoms with Crippen LogP contribution in [0, 0.1) is 0 Å². The highest BCUT2D eigenvalue weighted by atomic mass is 35.5. The van der Waals surface area contributed by atoms with Gasteiger partial charge in [0.25, 0.3) is 5.91 Å². The van der Waals surface area contributed by atoms with Crippen molar-refractivity contribution in [3.05, 3.63) is 53.6 Å². The van der Waals surface area contributed by atoms with Crippen LogP contribution in [0.15, 0.2) is 52.9 Å². The maximum atomic E-state index is 12.2. The maximum absolute atomic E-state index is 12.2. The van der Waals surface area contributed by atoms with Crippen molar-refractivity contribution in [2.75, 3.05) is 28.3 Å². The number of hydrogen-bond acceptors (Lipinski definition) is 8. The van der Waals surface area contributed by atoms with Crippen LogP contribution in [-0.2, 0) is 14.4 Å². The van der Waals surface area contributed by atoms with Gasteiger partial charge in [-0.15, -0.1) is 10.2 Å². The maximum Gasteiger partial charge on any atom is 0.264 e. The summed E-state index contributed by atoms with van der Waals surface area (Å²) in [6.07, 6.45) is 0. The number of thioether (sulfide) groups is 1. The van der Waals surface area contributed by atoms with Crippen LogP contribution < -0.4 is 20.7 Å². The van der Waals surface area contributed by atoms with E-state index in [2.05, 4.69) is 26.1 Å². The van der Waals surface area contributed by atoms with Gasteiger partial charge >= 0.3 is 0 Å². The number of benzene rings is 2. The zero-order valence-electron chi connectivity index (χ0n) is 16.8. The zero-order chi connectivity index (χ0) is 22.9. The lowest BCUT2D eigenvalue weighted by Crippen LogP contribution is -2.20. The molecule has 166 valence electrons. The lowest BCUT2D eigenvalue weighted by Gasteiger charge is -2.07. The number of halogens is 1. The molecule has 0 spiro atoms. The summed E-state index contributed by atoms with van der Waals surface area (Å²) in [6.45, 7) is 1.22. The molecular weight excluding hydrogens is 474 g/mol. The quantitative estimate of drug-likeness (QED) is 0.306. The fraction of sp³-hybridized carbons (Fsp3) is 0.150. The van der Waals surface area contributed by atoms with Crippen molar-refractivity contribution in [3.8, 4) is 5.75 Å². The third-order valence-corrected chi connectivity index (χ3v) is 5.85. The molecule has 0 bridgehead atoms. The van der Waals surface area contributed by atoms with Crippen molar-refractivity contribution in [2.45, 2.75) is 11.3 Å². The molecule has 3 N–H and O–H groups in total. The van der Waals surface area contributed by atoms with Gasteiger partial charge in [0.15, 0.2) is 10.9 Å². The van der Waals surface area contributed by atoms with Crippen LogP contribution in [0.4, 0.5) is 16.5 Å². The van der Waals surface area contributed by atoms with E-state index in [4.69, 9.17) is 16.3 Å². The predicted molar refractivity (Wildman–Crippen MR) is 126 cm³/mol. The second-order valence-corrected chi connectivity index (χ2v) is 8.90. The second-order valence-electron chi connectivity index (χ2n) is 6.26. The van der Waals surface area contributed by atoms with E-state index < -0.39 is 0 Å². The Kier molecular flexibility index (Phi) is 8.42. The normalized spacial score (nSPS) is 10.3. The number of hydrogen-bond donors (Lipinski definition) is 3. The summed E-state index contributed by atoms with van der Waals surface area (Å²) in [5.74, 6) is -0.199. The van der Waals surface area contributed by atoms with Gasteiger partial charge in [0.2, 0.25) is 16.9 Å². The van der Waals surface area contributed by atoms with Crippen LogP contribution >= 0.6 is 34.7 Å². The van der Waals surface area contributed by atoms with E-state index in [1.54, 1.807) is 48.5 Å². The number of nitrogens with one attached hydrogen (secondary N) is 3. The van der Waals surface area contributed by atoms with Crippen LogP contribution in [0.2, 0.25) is 5.02 Å². The van der Waals surface area contributed by atoms with E-state index in [1.165, 1.54) is 18.7 Å². The Morgan fingerprint density at radius 2 is 1.72 bits per heavy atom. The van der Waals surface area contributed by atoms with Gasteiger partial charge in [0.1, 0.15) is 5.75 Å². The highest BCUT2D eigenvalue weighted by molar-refractivity contribution is 8.01. The van der Waals surface area contributed by atoms with Crippen LogP contribution in [0.1, 0.15) is 6.92 Å². The molecule has 0 aliphatic rings. The molecule has 0 radical (unpaired) electrons. The molecule has 0 aliphatic heterocycles. The summed E-state index contributed by atoms with van der Waals surface area (Å²) in [6, 6.07) is 13.5. The van der Waals surface area contributed by atoms with Crippen molar-refractivity contribution in [2.24, 2.45) is 0 Å². The molecule has 2 aromatic carbocycles. The summed E-state index contributed by atoms with van der Waals surface area (Å²) < 4.78 is 5.90. The summed E-state index contributed by atoms with van der Waals surface area (Å²) in [7, 11) is 0. The van der Waals surface area contributed by atoms with Gasteiger partial charge < -0.3 is 15.4 Å². The molecule has 0 fully saturated rings. The number of rotatable bonds is 9. The molecule has 0 aliphatic carbocycles. The summed E-state index contributed by atoms with van der Waals surface area (Å²) in [4.78, 5) is 35.3. The van der Waals surface area contributed by atoms with E-state index in [-0.39, 0.29) is 30.1 Å². The first-order valence-corrected chi connectivity index (χ1v) is 11.4. The van der Waals surface area contributed by atoms with Crippen molar-refractivity contribution < 1.29 is 19.1 Å². The number of nitrogens with zero attached hydrogens (tertiary/aromatic N) is 2. The SMILES string of the molecule is CC(=O)Nc1cccc(NC(=O)CSc2nnc(NC(=O)COc3ccc(Cl)cc3)s2)c1. The Labute approximate surface area is 196 Å². The molecule has 3 amide bonds. The molecule has 0 saturated carbocycles. The van der Waals surface area contributed by atoms with E-state index >= 15 is 0 Å². The molecule has 32 heavy (non-hydrogen) atoms. The predicted octanol–water partition coefficient (Wildman–Crippen LogP) is 3.90. The summed E-state index contributed by atoms with van der Waals surface area (Å²) in [5, 5.41) is 16.7. The fourth-order valence-electron chi connectivity index (χ4n) is 2.36. The first kappa shape index (κ1) is 23.5. The zero-order valence-corrected chi connectivity index (χ0v) is 19.1. The lowest BCUT2D eigenvalue weighted by atomic mass is 10.2. The highest BCUT2D eigenvalue weighted by Crippen LogP contribution is 2.26. The molecule has 0 unspecified atom stereocenters. The molecular formula is C20H18ClN5O4S2. The number of aromatic nitrogens is 2. The van der Waals surface area contributed by atoms with E-state index in [0.29, 0.717) is 31.6 Å². The van der Waals surface area contributed by atoms with Gasteiger partial charge in [-0.2, -0.15) is 0 Å². The lowest BCUT2D eigenvalue weighted by molar-refractivity contribution is -0.118. The van der Waals surface area contributed by atoms with Crippen molar-refractivity contribution in [3.63, 3.8) is 0 Å². The van der Waals surface area contributed by atoms with Gasteiger partial charge in [0, 0.05) is 23.3 Å². The summed E-state index contributed by atoms with van der Waals surface area (Å²) in [5.41, 5.74) is 1.15. The third-order valence-electron chi connectivity index (χ3n) is 3.63. The molecule has 0 atom stereocenters. The minimum Gasteiger partial charge on any atom is -0.484 e. The molecule has 12 heteroatoms. The molecule has 3 rings (SSSR count). The van der Waals surface area contributed by atoms with E-state index in [9.17, 15) is 14.4 Å². The standard InChI is InChI=1S/C20H18ClN5O4S2/c1-12(27)22-14-3-2-4-15(9-14)23-18(29)11-31-20-26-25-19(32-20)24-17(28)10-30-16-7-5-13(21)6-8-16/h2-9H,10-11H2,1H3,(H,22,27)(H,23,29)(H,24,25,28). The monoisotopic (exact) mass is 491 g/mol. The van der Waals surface area contributed by atoms with Crippen molar-refractivity contribution >= 4 is 68.9 Å². The third kappa shape index (κ3) is 7.84. The fourth-order valence-corrected chi connectivity index (χ4v) is 4.05. The first-order chi connectivity index (χ1) is 15.4. The highest BCUT2D eigenvalue weighted by Gasteiger charge is 2.11. The van der Waals surface area contributed by atoms with Gasteiger partial charge in [-0.25, -0.2) is 0 Å². The number of ether oxygens (including phenoxy) is 1. The van der Waals surface area contributed by atoms with Gasteiger partial charge in [0.05, 0.1) is 5.75 Å². The molecule has 0 saturated heterocycles. The van der Waals surface area contributed by atoms with Crippen molar-refractivity contribution in [1.29, 1.82) is 0 Å². The minimum atomic E-state index is -0.385. The van der Waals surface area contributed by atoms with Crippen LogP contribution in [0.5, 0.6) is 5.75 Å². The smallest absolute Gasteiger partial charge is 0.264 e. The topological polar surface area (TPSA) is 122 Å². The van der Waals surface area contributed by atoms with Crippen LogP contribution in [-0.4, -0.2) is 40.3 Å². The van der Waals surface area contributed by atoms with E-state index in [0.717, 1.165) is 11.3 Å².